The number of aliphatic hydroxyl groups excluding tert-OH is 1. The van der Waals surface area contributed by atoms with Crippen molar-refractivity contribution >= 4 is 5.82 Å². The Hall–Kier alpha value is -1.30. The van der Waals surface area contributed by atoms with Crippen LogP contribution in [0.15, 0.2) is 18.3 Å². The number of nitrogens with zero attached hydrogens (tertiary/aromatic N) is 2. The molecule has 1 aromatic heterocycles. The second-order valence-corrected chi connectivity index (χ2v) is 4.60. The van der Waals surface area contributed by atoms with Gasteiger partial charge in [0.05, 0.1) is 6.10 Å². The first-order valence-electron chi connectivity index (χ1n) is 5.84. The number of hydrogen-bond donors (Lipinski definition) is 1. The van der Waals surface area contributed by atoms with E-state index in [9.17, 15) is 18.3 Å². The molecule has 2 rings (SSSR count). The highest BCUT2D eigenvalue weighted by Crippen LogP contribution is 2.33. The molecule has 1 unspecified atom stereocenters. The first-order valence-corrected chi connectivity index (χ1v) is 5.84. The summed E-state index contributed by atoms with van der Waals surface area (Å²) in [5.74, 6) is 0.319. The van der Waals surface area contributed by atoms with Gasteiger partial charge in [-0.15, -0.1) is 0 Å². The van der Waals surface area contributed by atoms with Crippen LogP contribution < -0.4 is 4.90 Å². The van der Waals surface area contributed by atoms with Crippen molar-refractivity contribution in [2.75, 3.05) is 11.4 Å². The first kappa shape index (κ1) is 13.1. The molecule has 0 amide bonds. The van der Waals surface area contributed by atoms with Gasteiger partial charge in [-0.1, -0.05) is 6.07 Å². The van der Waals surface area contributed by atoms with Crippen LogP contribution in [0, 0.1) is 0 Å². The Morgan fingerprint density at radius 1 is 1.44 bits per heavy atom. The van der Waals surface area contributed by atoms with Crippen molar-refractivity contribution in [3.05, 3.63) is 23.9 Å². The fourth-order valence-corrected chi connectivity index (χ4v) is 1.79. The highest BCUT2D eigenvalue weighted by atomic mass is 19.4. The maximum atomic E-state index is 12.5. The van der Waals surface area contributed by atoms with Crippen LogP contribution in [-0.2, 0) is 0 Å². The minimum atomic E-state index is -4.23. The lowest BCUT2D eigenvalue weighted by Crippen LogP contribution is -2.36. The maximum Gasteiger partial charge on any atom is 0.405 e. The molecule has 1 atom stereocenters. The molecule has 1 aromatic rings. The van der Waals surface area contributed by atoms with Crippen LogP contribution in [0.25, 0.3) is 0 Å². The summed E-state index contributed by atoms with van der Waals surface area (Å²) in [4.78, 5) is 5.30. The Kier molecular flexibility index (Phi) is 3.47. The lowest BCUT2D eigenvalue weighted by molar-refractivity contribution is -0.120. The molecule has 6 heteroatoms. The Labute approximate surface area is 103 Å². The summed E-state index contributed by atoms with van der Waals surface area (Å²) >= 11 is 0. The van der Waals surface area contributed by atoms with Gasteiger partial charge in [0.15, 0.2) is 0 Å². The molecule has 1 saturated carbocycles. The molecule has 18 heavy (non-hydrogen) atoms. The van der Waals surface area contributed by atoms with Gasteiger partial charge in [-0.05, 0) is 31.4 Å². The summed E-state index contributed by atoms with van der Waals surface area (Å²) in [6.07, 6.45) is -1.92. The minimum Gasteiger partial charge on any atom is -0.389 e. The zero-order valence-electron chi connectivity index (χ0n) is 9.98. The van der Waals surface area contributed by atoms with Crippen LogP contribution in [0.5, 0.6) is 0 Å². The highest BCUT2D eigenvalue weighted by Gasteiger charge is 2.38. The molecule has 1 fully saturated rings. The molecule has 1 N–H and O–H groups in total. The van der Waals surface area contributed by atoms with Gasteiger partial charge in [0, 0.05) is 12.2 Å². The third-order valence-corrected chi connectivity index (χ3v) is 2.88. The Bertz CT molecular complexity index is 399. The molecule has 0 spiro atoms. The number of aliphatic hydroxyl groups is 1. The van der Waals surface area contributed by atoms with E-state index in [0.717, 1.165) is 12.8 Å². The fraction of sp³-hybridized carbons (Fsp3) is 0.583. The van der Waals surface area contributed by atoms with E-state index in [0.29, 0.717) is 11.4 Å². The predicted molar refractivity (Wildman–Crippen MR) is 61.3 cm³/mol. The van der Waals surface area contributed by atoms with E-state index < -0.39 is 18.8 Å². The molecule has 0 aromatic carbocycles. The van der Waals surface area contributed by atoms with Gasteiger partial charge in [0.1, 0.15) is 12.4 Å². The van der Waals surface area contributed by atoms with Gasteiger partial charge in [-0.25, -0.2) is 4.98 Å². The van der Waals surface area contributed by atoms with Crippen LogP contribution in [0.3, 0.4) is 0 Å². The zero-order chi connectivity index (χ0) is 13.3. The second kappa shape index (κ2) is 4.76. The van der Waals surface area contributed by atoms with Gasteiger partial charge < -0.3 is 10.0 Å². The van der Waals surface area contributed by atoms with Gasteiger partial charge in [0.25, 0.3) is 0 Å². The normalized spacial score (nSPS) is 17.6. The molecule has 1 aliphatic rings. The highest BCUT2D eigenvalue weighted by molar-refractivity contribution is 5.42. The van der Waals surface area contributed by atoms with Gasteiger partial charge >= 0.3 is 6.18 Å². The average molecular weight is 260 g/mol. The van der Waals surface area contributed by atoms with Gasteiger partial charge in [-0.2, -0.15) is 13.2 Å². The summed E-state index contributed by atoms with van der Waals surface area (Å²) in [7, 11) is 0. The monoisotopic (exact) mass is 260 g/mol. The summed E-state index contributed by atoms with van der Waals surface area (Å²) in [5.41, 5.74) is 0.599. The Balaban J connectivity index is 2.15. The quantitative estimate of drug-likeness (QED) is 0.904. The molecular weight excluding hydrogens is 245 g/mol. The van der Waals surface area contributed by atoms with Crippen molar-refractivity contribution in [2.45, 2.75) is 38.1 Å². The SMILES string of the molecule is CC(O)c1ccc(N(CC(F)(F)F)C2CC2)nc1. The predicted octanol–water partition coefficient (Wildman–Crippen LogP) is 2.67. The summed E-state index contributed by atoms with van der Waals surface area (Å²) in [6, 6.07) is 3.08. The van der Waals surface area contributed by atoms with E-state index in [1.807, 2.05) is 0 Å². The van der Waals surface area contributed by atoms with E-state index in [1.54, 1.807) is 13.0 Å². The number of anilines is 1. The largest absolute Gasteiger partial charge is 0.405 e. The van der Waals surface area contributed by atoms with Crippen molar-refractivity contribution in [2.24, 2.45) is 0 Å². The van der Waals surface area contributed by atoms with Crippen LogP contribution >= 0.6 is 0 Å². The maximum absolute atomic E-state index is 12.5. The second-order valence-electron chi connectivity index (χ2n) is 4.60. The summed E-state index contributed by atoms with van der Waals surface area (Å²) in [5, 5.41) is 9.33. The number of halogens is 3. The molecule has 0 radical (unpaired) electrons. The summed E-state index contributed by atoms with van der Waals surface area (Å²) < 4.78 is 37.4. The van der Waals surface area contributed by atoms with Crippen LogP contribution in [0.4, 0.5) is 19.0 Å². The van der Waals surface area contributed by atoms with Gasteiger partial charge in [-0.3, -0.25) is 0 Å². The molecule has 0 saturated heterocycles. The number of pyridine rings is 1. The van der Waals surface area contributed by atoms with E-state index >= 15 is 0 Å². The number of hydrogen-bond acceptors (Lipinski definition) is 3. The average Bonchev–Trinajstić information content (AvgIpc) is 3.08. The Morgan fingerprint density at radius 2 is 2.11 bits per heavy atom. The van der Waals surface area contributed by atoms with E-state index in [-0.39, 0.29) is 6.04 Å². The van der Waals surface area contributed by atoms with Crippen LogP contribution in [0.1, 0.15) is 31.4 Å². The van der Waals surface area contributed by atoms with E-state index in [4.69, 9.17) is 0 Å². The number of rotatable bonds is 4. The number of aromatic nitrogens is 1. The Morgan fingerprint density at radius 3 is 2.50 bits per heavy atom. The molecule has 0 bridgehead atoms. The standard InChI is InChI=1S/C12H15F3N2O/c1-8(18)9-2-5-11(16-6-9)17(10-3-4-10)7-12(13,14)15/h2,5-6,8,10,18H,3-4,7H2,1H3. The lowest BCUT2D eigenvalue weighted by Gasteiger charge is -2.24. The van der Waals surface area contributed by atoms with Crippen molar-refractivity contribution < 1.29 is 18.3 Å². The molecule has 3 nitrogen and oxygen atoms in total. The number of alkyl halides is 3. The van der Waals surface area contributed by atoms with Crippen molar-refractivity contribution in [1.82, 2.24) is 4.98 Å². The first-order chi connectivity index (χ1) is 8.37. The molecular formula is C12H15F3N2O. The summed E-state index contributed by atoms with van der Waals surface area (Å²) in [6.45, 7) is 0.615. The minimum absolute atomic E-state index is 0.0588. The zero-order valence-corrected chi connectivity index (χ0v) is 9.98. The van der Waals surface area contributed by atoms with Gasteiger partial charge in [0.2, 0.25) is 0 Å². The smallest absolute Gasteiger partial charge is 0.389 e. The molecule has 100 valence electrons. The molecule has 1 heterocycles. The molecule has 1 aliphatic carbocycles. The fourth-order valence-electron chi connectivity index (χ4n) is 1.79. The van der Waals surface area contributed by atoms with Crippen LogP contribution in [0.2, 0.25) is 0 Å². The van der Waals surface area contributed by atoms with E-state index in [2.05, 4.69) is 4.98 Å². The van der Waals surface area contributed by atoms with Crippen molar-refractivity contribution in [3.63, 3.8) is 0 Å². The van der Waals surface area contributed by atoms with Crippen molar-refractivity contribution in [1.29, 1.82) is 0 Å². The topological polar surface area (TPSA) is 36.4 Å². The lowest BCUT2D eigenvalue weighted by atomic mass is 10.2. The van der Waals surface area contributed by atoms with Crippen LogP contribution in [-0.4, -0.2) is 28.9 Å². The third kappa shape index (κ3) is 3.35. The van der Waals surface area contributed by atoms with E-state index in [1.165, 1.54) is 17.2 Å². The third-order valence-electron chi connectivity index (χ3n) is 2.88. The van der Waals surface area contributed by atoms with Crippen molar-refractivity contribution in [3.8, 4) is 0 Å². The molecule has 0 aliphatic heterocycles.